The molecule has 2 heterocycles. The minimum Gasteiger partial charge on any atom is -0.449 e. The number of hydrogen-bond acceptors (Lipinski definition) is 6. The second-order valence-corrected chi connectivity index (χ2v) is 7.67. The Labute approximate surface area is 203 Å². The van der Waals surface area contributed by atoms with Crippen LogP contribution in [0.2, 0.25) is 0 Å². The molecular weight excluding hydrogens is 517 g/mol. The van der Waals surface area contributed by atoms with Crippen molar-refractivity contribution in [1.82, 2.24) is 9.55 Å². The number of halogens is 7. The van der Waals surface area contributed by atoms with Gasteiger partial charge in [-0.1, -0.05) is 0 Å². The Morgan fingerprint density at radius 1 is 1.22 bits per heavy atom. The van der Waals surface area contributed by atoms with Gasteiger partial charge in [-0.25, -0.2) is 13.8 Å². The van der Waals surface area contributed by atoms with E-state index in [1.54, 1.807) is 6.07 Å². The number of nitrogens with zero attached hydrogens (tertiary/aromatic N) is 4. The second-order valence-electron chi connectivity index (χ2n) is 7.67. The Bertz CT molecular complexity index is 1430. The fourth-order valence-electron chi connectivity index (χ4n) is 3.16. The van der Waals surface area contributed by atoms with Gasteiger partial charge in [0.2, 0.25) is 11.9 Å². The molecule has 3 aromatic rings. The van der Waals surface area contributed by atoms with Crippen LogP contribution in [0, 0.1) is 18.3 Å². The van der Waals surface area contributed by atoms with Gasteiger partial charge in [0.25, 0.3) is 17.7 Å². The number of nitriles is 1. The molecule has 0 bridgehead atoms. The van der Waals surface area contributed by atoms with E-state index in [4.69, 9.17) is 9.84 Å². The van der Waals surface area contributed by atoms with Gasteiger partial charge >= 0.3 is 12.1 Å². The Hall–Kier alpha value is -4.19. The number of aliphatic hydroxyl groups excluding tert-OH is 1. The molecular formula is C22H16F7N4O4+. The van der Waals surface area contributed by atoms with Crippen molar-refractivity contribution in [3.05, 3.63) is 80.8 Å². The molecule has 0 aliphatic carbocycles. The highest BCUT2D eigenvalue weighted by atomic mass is 19.4. The summed E-state index contributed by atoms with van der Waals surface area (Å²) in [6.45, 7) is 0.0854. The van der Waals surface area contributed by atoms with Gasteiger partial charge in [0, 0.05) is 27.5 Å². The molecule has 0 spiro atoms. The van der Waals surface area contributed by atoms with Crippen molar-refractivity contribution in [2.45, 2.75) is 38.6 Å². The van der Waals surface area contributed by atoms with E-state index < -0.39 is 65.6 Å². The van der Waals surface area contributed by atoms with Crippen molar-refractivity contribution in [3.8, 4) is 17.6 Å². The Morgan fingerprint density at radius 3 is 2.43 bits per heavy atom. The number of alkyl halides is 7. The summed E-state index contributed by atoms with van der Waals surface area (Å²) in [5.41, 5.74) is -4.94. The smallest absolute Gasteiger partial charge is 0.449 e. The maximum atomic E-state index is 14.3. The van der Waals surface area contributed by atoms with Gasteiger partial charge in [-0.2, -0.15) is 27.2 Å². The highest BCUT2D eigenvalue weighted by molar-refractivity contribution is 5.51. The van der Waals surface area contributed by atoms with Crippen LogP contribution in [0.5, 0.6) is 11.5 Å². The fourth-order valence-corrected chi connectivity index (χ4v) is 3.16. The summed E-state index contributed by atoms with van der Waals surface area (Å²) in [6, 6.07) is 5.51. The lowest BCUT2D eigenvalue weighted by atomic mass is 10.0. The Balaban J connectivity index is 2.23. The van der Waals surface area contributed by atoms with Crippen LogP contribution in [0.25, 0.3) is 0 Å². The first-order valence-corrected chi connectivity index (χ1v) is 10.1. The van der Waals surface area contributed by atoms with Crippen molar-refractivity contribution in [2.24, 2.45) is 0 Å². The molecule has 1 aromatic carbocycles. The van der Waals surface area contributed by atoms with Gasteiger partial charge in [0.1, 0.15) is 12.3 Å². The molecule has 0 atom stereocenters. The lowest BCUT2D eigenvalue weighted by molar-refractivity contribution is -0.910. The number of aliphatic hydroxyl groups is 1. The SMILES string of the molecule is Cc1c(C#N)cc(C(F)F)cc1Oc1c(C(F)(F)C(F)(F)F)ncn(Cc2ccc(CO)c[n+]2O)c1=O. The van der Waals surface area contributed by atoms with Gasteiger partial charge in [0.15, 0.2) is 5.69 Å². The van der Waals surface area contributed by atoms with Crippen LogP contribution in [0.1, 0.15) is 40.1 Å². The van der Waals surface area contributed by atoms with Crippen LogP contribution >= 0.6 is 0 Å². The van der Waals surface area contributed by atoms with Crippen molar-refractivity contribution in [2.75, 3.05) is 0 Å². The highest BCUT2D eigenvalue weighted by Crippen LogP contribution is 2.46. The van der Waals surface area contributed by atoms with Gasteiger partial charge in [-0.3, -0.25) is 14.6 Å². The molecule has 0 unspecified atom stereocenters. The van der Waals surface area contributed by atoms with Crippen LogP contribution in [0.3, 0.4) is 0 Å². The average Bonchev–Trinajstić information content (AvgIpc) is 2.82. The molecule has 3 rings (SSSR count). The quantitative estimate of drug-likeness (QED) is 0.271. The Kier molecular flexibility index (Phi) is 7.44. The normalized spacial score (nSPS) is 12.0. The minimum atomic E-state index is -6.21. The first kappa shape index (κ1) is 27.4. The van der Waals surface area contributed by atoms with Crippen molar-refractivity contribution < 1.29 is 50.5 Å². The second kappa shape index (κ2) is 10.1. The molecule has 0 fully saturated rings. The molecule has 196 valence electrons. The van der Waals surface area contributed by atoms with Crippen LogP contribution in [-0.2, 0) is 19.1 Å². The van der Waals surface area contributed by atoms with Gasteiger partial charge in [-0.15, -0.1) is 0 Å². The zero-order valence-corrected chi connectivity index (χ0v) is 18.6. The molecule has 37 heavy (non-hydrogen) atoms. The fraction of sp³-hybridized carbons (Fsp3) is 0.273. The maximum absolute atomic E-state index is 14.3. The van der Waals surface area contributed by atoms with Crippen LogP contribution < -0.4 is 15.0 Å². The maximum Gasteiger partial charge on any atom is 0.459 e. The summed E-state index contributed by atoms with van der Waals surface area (Å²) in [4.78, 5) is 16.1. The van der Waals surface area contributed by atoms with Crippen LogP contribution in [0.4, 0.5) is 30.7 Å². The van der Waals surface area contributed by atoms with Crippen LogP contribution in [0.15, 0.2) is 41.6 Å². The summed E-state index contributed by atoms with van der Waals surface area (Å²) in [5.74, 6) is -8.05. The zero-order valence-electron chi connectivity index (χ0n) is 18.6. The number of benzene rings is 1. The van der Waals surface area contributed by atoms with Gasteiger partial charge < -0.3 is 9.84 Å². The third kappa shape index (κ3) is 5.33. The number of rotatable bonds is 7. The largest absolute Gasteiger partial charge is 0.459 e. The van der Waals surface area contributed by atoms with Crippen molar-refractivity contribution in [1.29, 1.82) is 5.26 Å². The molecule has 8 nitrogen and oxygen atoms in total. The molecule has 15 heteroatoms. The molecule has 2 N–H and O–H groups in total. The molecule has 0 saturated heterocycles. The average molecular weight is 533 g/mol. The van der Waals surface area contributed by atoms with E-state index in [-0.39, 0.29) is 16.8 Å². The van der Waals surface area contributed by atoms with Crippen molar-refractivity contribution >= 4 is 0 Å². The van der Waals surface area contributed by atoms with E-state index in [1.807, 2.05) is 0 Å². The molecule has 0 aliphatic rings. The predicted octanol–water partition coefficient (Wildman–Crippen LogP) is 3.87. The molecule has 0 radical (unpaired) electrons. The summed E-state index contributed by atoms with van der Waals surface area (Å²) in [5, 5.41) is 28.3. The van der Waals surface area contributed by atoms with Crippen LogP contribution in [-0.4, -0.2) is 26.0 Å². The summed E-state index contributed by atoms with van der Waals surface area (Å²) < 4.78 is 101. The van der Waals surface area contributed by atoms with E-state index >= 15 is 0 Å². The number of ether oxygens (including phenoxy) is 1. The standard InChI is InChI=1S/C22H16F7N4O4/c1-11-14(6-30)4-13(19(23)24)5-16(11)37-17-18(21(25,26)22(27,28)29)31-10-32(20(17)35)8-15-3-2-12(9-34)7-33(15)36/h2-5,7,10,19,34,36H,8-9H2,1H3/q+1. The summed E-state index contributed by atoms with van der Waals surface area (Å²) in [7, 11) is 0. The number of hydrogen-bond donors (Lipinski definition) is 2. The van der Waals surface area contributed by atoms with Crippen molar-refractivity contribution in [3.63, 3.8) is 0 Å². The van der Waals surface area contributed by atoms with E-state index in [1.165, 1.54) is 12.1 Å². The third-order valence-electron chi connectivity index (χ3n) is 5.20. The van der Waals surface area contributed by atoms with E-state index in [0.717, 1.165) is 19.2 Å². The summed E-state index contributed by atoms with van der Waals surface area (Å²) in [6.07, 6.45) is -7.95. The number of pyridine rings is 1. The van der Waals surface area contributed by atoms with E-state index in [0.29, 0.717) is 21.7 Å². The molecule has 0 amide bonds. The van der Waals surface area contributed by atoms with Gasteiger partial charge in [-0.05, 0) is 25.1 Å². The number of aromatic nitrogens is 3. The first-order valence-electron chi connectivity index (χ1n) is 10.1. The first-order chi connectivity index (χ1) is 17.2. The zero-order chi connectivity index (χ0) is 27.7. The monoisotopic (exact) mass is 533 g/mol. The van der Waals surface area contributed by atoms with Gasteiger partial charge in [0.05, 0.1) is 24.6 Å². The third-order valence-corrected chi connectivity index (χ3v) is 5.20. The molecule has 0 aliphatic heterocycles. The molecule has 2 aromatic heterocycles. The molecule has 0 saturated carbocycles. The highest BCUT2D eigenvalue weighted by Gasteiger charge is 2.62. The van der Waals surface area contributed by atoms with E-state index in [2.05, 4.69) is 4.98 Å². The van der Waals surface area contributed by atoms with E-state index in [9.17, 15) is 46.0 Å². The topological polar surface area (TPSA) is 112 Å². The predicted molar refractivity (Wildman–Crippen MR) is 108 cm³/mol. The minimum absolute atomic E-state index is 0.0787. The Morgan fingerprint density at radius 2 is 1.89 bits per heavy atom. The lowest BCUT2D eigenvalue weighted by Crippen LogP contribution is -2.40. The lowest BCUT2D eigenvalue weighted by Gasteiger charge is -2.22. The summed E-state index contributed by atoms with van der Waals surface area (Å²) >= 11 is 0.